The van der Waals surface area contributed by atoms with Crippen molar-refractivity contribution in [2.75, 3.05) is 25.0 Å². The van der Waals surface area contributed by atoms with Crippen molar-refractivity contribution in [1.82, 2.24) is 4.90 Å². The second-order valence-corrected chi connectivity index (χ2v) is 6.23. The molecule has 1 aliphatic heterocycles. The van der Waals surface area contributed by atoms with Crippen LogP contribution in [0.2, 0.25) is 0 Å². The molecule has 18 heavy (non-hydrogen) atoms. The lowest BCUT2D eigenvalue weighted by Gasteiger charge is -2.15. The third-order valence-electron chi connectivity index (χ3n) is 2.88. The molecule has 4 nitrogen and oxygen atoms in total. The predicted octanol–water partition coefficient (Wildman–Crippen LogP) is 2.18. The van der Waals surface area contributed by atoms with E-state index in [2.05, 4.69) is 42.1 Å². The minimum Gasteiger partial charge on any atom is -0.326 e. The van der Waals surface area contributed by atoms with E-state index in [1.807, 2.05) is 18.2 Å². The van der Waals surface area contributed by atoms with Crippen LogP contribution in [0.4, 0.5) is 5.69 Å². The van der Waals surface area contributed by atoms with Crippen LogP contribution in [-0.2, 0) is 4.79 Å². The van der Waals surface area contributed by atoms with Crippen molar-refractivity contribution in [3.8, 4) is 0 Å². The first-order valence-corrected chi connectivity index (χ1v) is 7.36. The highest BCUT2D eigenvalue weighted by Crippen LogP contribution is 2.26. The van der Waals surface area contributed by atoms with Crippen molar-refractivity contribution in [2.45, 2.75) is 12.5 Å². The van der Waals surface area contributed by atoms with E-state index in [-0.39, 0.29) is 11.9 Å². The zero-order chi connectivity index (χ0) is 13.1. The van der Waals surface area contributed by atoms with Gasteiger partial charge in [-0.25, -0.2) is 0 Å². The second-order valence-electron chi connectivity index (χ2n) is 4.46. The molecule has 0 unspecified atom stereocenters. The Balaban J connectivity index is 1.91. The number of benzene rings is 1. The smallest absolute Gasteiger partial charge is 0.238 e. The van der Waals surface area contributed by atoms with Crippen LogP contribution in [-0.4, -0.2) is 36.5 Å². The molecule has 1 aliphatic rings. The highest BCUT2D eigenvalue weighted by Gasteiger charge is 2.21. The van der Waals surface area contributed by atoms with Gasteiger partial charge in [0.2, 0.25) is 5.91 Å². The van der Waals surface area contributed by atoms with Crippen molar-refractivity contribution in [3.63, 3.8) is 0 Å². The lowest BCUT2D eigenvalue weighted by atomic mass is 10.3. The van der Waals surface area contributed by atoms with Gasteiger partial charge >= 0.3 is 0 Å². The van der Waals surface area contributed by atoms with Crippen molar-refractivity contribution < 1.29 is 4.79 Å². The third kappa shape index (κ3) is 3.78. The molecule has 0 saturated carbocycles. The Morgan fingerprint density at radius 3 is 2.89 bits per heavy atom. The largest absolute Gasteiger partial charge is 0.326 e. The number of hydrogen-bond donors (Lipinski definition) is 2. The molecular formula is C12H15Br2N3O. The topological polar surface area (TPSA) is 58.4 Å². The molecular weight excluding hydrogens is 362 g/mol. The first kappa shape index (κ1) is 14.0. The van der Waals surface area contributed by atoms with Crippen LogP contribution in [0, 0.1) is 0 Å². The van der Waals surface area contributed by atoms with Crippen LogP contribution in [0.25, 0.3) is 0 Å². The van der Waals surface area contributed by atoms with E-state index < -0.39 is 0 Å². The number of carbonyl (C=O) groups is 1. The molecule has 1 heterocycles. The van der Waals surface area contributed by atoms with Crippen molar-refractivity contribution in [2.24, 2.45) is 5.73 Å². The summed E-state index contributed by atoms with van der Waals surface area (Å²) in [6, 6.07) is 5.87. The highest BCUT2D eigenvalue weighted by molar-refractivity contribution is 9.11. The molecule has 1 atom stereocenters. The van der Waals surface area contributed by atoms with Gasteiger partial charge in [0.15, 0.2) is 0 Å². The van der Waals surface area contributed by atoms with Gasteiger partial charge in [-0.3, -0.25) is 9.69 Å². The Morgan fingerprint density at radius 2 is 2.28 bits per heavy atom. The predicted molar refractivity (Wildman–Crippen MR) is 79.5 cm³/mol. The van der Waals surface area contributed by atoms with Crippen LogP contribution in [0.1, 0.15) is 6.42 Å². The van der Waals surface area contributed by atoms with Crippen LogP contribution in [0.5, 0.6) is 0 Å². The first-order chi connectivity index (χ1) is 8.54. The first-order valence-electron chi connectivity index (χ1n) is 5.77. The summed E-state index contributed by atoms with van der Waals surface area (Å²) in [5, 5.41) is 2.89. The zero-order valence-corrected chi connectivity index (χ0v) is 13.0. The fourth-order valence-corrected chi connectivity index (χ4v) is 3.14. The van der Waals surface area contributed by atoms with E-state index >= 15 is 0 Å². The quantitative estimate of drug-likeness (QED) is 0.849. The summed E-state index contributed by atoms with van der Waals surface area (Å²) in [6.45, 7) is 2.10. The standard InChI is InChI=1S/C12H15Br2N3O/c13-8-1-2-11(10(14)5-8)16-12(18)7-17-4-3-9(15)6-17/h1-2,5,9H,3-4,6-7,15H2,(H,16,18)/t9-/m1/s1. The number of nitrogens with zero attached hydrogens (tertiary/aromatic N) is 1. The molecule has 1 aromatic rings. The monoisotopic (exact) mass is 375 g/mol. The van der Waals surface area contributed by atoms with Gasteiger partial charge in [-0.2, -0.15) is 0 Å². The van der Waals surface area contributed by atoms with Gasteiger partial charge in [-0.1, -0.05) is 15.9 Å². The molecule has 0 aliphatic carbocycles. The molecule has 0 bridgehead atoms. The number of nitrogens with one attached hydrogen (secondary N) is 1. The van der Waals surface area contributed by atoms with Crippen LogP contribution >= 0.6 is 31.9 Å². The highest BCUT2D eigenvalue weighted by atomic mass is 79.9. The summed E-state index contributed by atoms with van der Waals surface area (Å²) in [7, 11) is 0. The lowest BCUT2D eigenvalue weighted by Crippen LogP contribution is -2.33. The molecule has 0 spiro atoms. The van der Waals surface area contributed by atoms with E-state index in [1.165, 1.54) is 0 Å². The van der Waals surface area contributed by atoms with Gasteiger partial charge in [0.25, 0.3) is 0 Å². The molecule has 6 heteroatoms. The third-order valence-corrected chi connectivity index (χ3v) is 4.03. The van der Waals surface area contributed by atoms with E-state index in [9.17, 15) is 4.79 Å². The van der Waals surface area contributed by atoms with Crippen LogP contribution in [0.3, 0.4) is 0 Å². The molecule has 3 N–H and O–H groups in total. The van der Waals surface area contributed by atoms with Crippen molar-refractivity contribution >= 4 is 43.5 Å². The number of hydrogen-bond acceptors (Lipinski definition) is 3. The Morgan fingerprint density at radius 1 is 1.50 bits per heavy atom. The van der Waals surface area contributed by atoms with Gasteiger partial charge in [0.1, 0.15) is 0 Å². The molecule has 2 rings (SSSR count). The lowest BCUT2D eigenvalue weighted by molar-refractivity contribution is -0.117. The fourth-order valence-electron chi connectivity index (χ4n) is 1.99. The van der Waals surface area contributed by atoms with E-state index in [0.717, 1.165) is 34.1 Å². The average molecular weight is 377 g/mol. The normalized spacial score (nSPS) is 20.1. The number of likely N-dealkylation sites (tertiary alicyclic amines) is 1. The maximum absolute atomic E-state index is 11.9. The summed E-state index contributed by atoms with van der Waals surface area (Å²) >= 11 is 6.79. The number of halogens is 2. The maximum Gasteiger partial charge on any atom is 0.238 e. The van der Waals surface area contributed by atoms with Gasteiger partial charge in [0.05, 0.1) is 12.2 Å². The minimum atomic E-state index is -0.00729. The van der Waals surface area contributed by atoms with Gasteiger partial charge < -0.3 is 11.1 Å². The maximum atomic E-state index is 11.9. The molecule has 0 radical (unpaired) electrons. The molecule has 0 aromatic heterocycles. The fraction of sp³-hybridized carbons (Fsp3) is 0.417. The molecule has 1 aromatic carbocycles. The Hall–Kier alpha value is -0.430. The molecule has 1 saturated heterocycles. The van der Waals surface area contributed by atoms with E-state index in [4.69, 9.17) is 5.73 Å². The van der Waals surface area contributed by atoms with Crippen LogP contribution in [0.15, 0.2) is 27.1 Å². The van der Waals surface area contributed by atoms with Gasteiger partial charge in [0, 0.05) is 28.1 Å². The minimum absolute atomic E-state index is 0.00729. The summed E-state index contributed by atoms with van der Waals surface area (Å²) in [4.78, 5) is 14.0. The number of amides is 1. The number of carbonyl (C=O) groups excluding carboxylic acids is 1. The van der Waals surface area contributed by atoms with Crippen LogP contribution < -0.4 is 11.1 Å². The Labute approximate surface area is 123 Å². The number of rotatable bonds is 3. The average Bonchev–Trinajstić information content (AvgIpc) is 2.68. The molecule has 1 amide bonds. The summed E-state index contributed by atoms with van der Waals surface area (Å²) in [6.07, 6.45) is 0.968. The summed E-state index contributed by atoms with van der Waals surface area (Å²) in [5.74, 6) is -0.00729. The number of nitrogens with two attached hydrogens (primary N) is 1. The van der Waals surface area contributed by atoms with Gasteiger partial charge in [-0.05, 0) is 40.5 Å². The van der Waals surface area contributed by atoms with E-state index in [1.54, 1.807) is 0 Å². The molecule has 1 fully saturated rings. The van der Waals surface area contributed by atoms with E-state index in [0.29, 0.717) is 6.54 Å². The van der Waals surface area contributed by atoms with Crippen molar-refractivity contribution in [1.29, 1.82) is 0 Å². The summed E-state index contributed by atoms with van der Waals surface area (Å²) < 4.78 is 1.83. The SMILES string of the molecule is N[C@@H]1CCN(CC(=O)Nc2ccc(Br)cc2Br)C1. The Bertz CT molecular complexity index is 453. The Kier molecular flexibility index (Phi) is 4.77. The number of anilines is 1. The van der Waals surface area contributed by atoms with Crippen molar-refractivity contribution in [3.05, 3.63) is 27.1 Å². The second kappa shape index (κ2) is 6.14. The summed E-state index contributed by atoms with van der Waals surface area (Å²) in [5.41, 5.74) is 6.59. The molecule has 98 valence electrons. The zero-order valence-electron chi connectivity index (χ0n) is 9.83. The van der Waals surface area contributed by atoms with Gasteiger partial charge in [-0.15, -0.1) is 0 Å².